The van der Waals surface area contributed by atoms with Crippen molar-refractivity contribution in [1.29, 1.82) is 0 Å². The predicted molar refractivity (Wildman–Crippen MR) is 89.3 cm³/mol. The molecule has 21 heavy (non-hydrogen) atoms. The van der Waals surface area contributed by atoms with E-state index < -0.39 is 0 Å². The molecule has 2 nitrogen and oxygen atoms in total. The molecule has 0 amide bonds. The van der Waals surface area contributed by atoms with Gasteiger partial charge in [-0.3, -0.25) is 4.79 Å². The van der Waals surface area contributed by atoms with E-state index in [1.54, 1.807) is 6.08 Å². The maximum Gasteiger partial charge on any atom is 0.197 e. The van der Waals surface area contributed by atoms with Crippen LogP contribution < -0.4 is 4.90 Å². The van der Waals surface area contributed by atoms with Crippen LogP contribution in [0.15, 0.2) is 47.5 Å². The van der Waals surface area contributed by atoms with Gasteiger partial charge in [0.25, 0.3) is 0 Å². The van der Waals surface area contributed by atoms with Gasteiger partial charge in [-0.25, -0.2) is 0 Å². The summed E-state index contributed by atoms with van der Waals surface area (Å²) in [4.78, 5) is 15.5. The first-order valence-electron chi connectivity index (χ1n) is 7.07. The molecule has 0 aliphatic carbocycles. The number of aryl methyl sites for hydroxylation is 1. The van der Waals surface area contributed by atoms with Gasteiger partial charge >= 0.3 is 0 Å². The maximum atomic E-state index is 12.6. The number of carbonyl (C=O) groups excluding carboxylic acids is 1. The zero-order valence-corrected chi connectivity index (χ0v) is 13.6. The number of thiophene rings is 1. The van der Waals surface area contributed by atoms with Gasteiger partial charge in [0.1, 0.15) is 0 Å². The van der Waals surface area contributed by atoms with E-state index in [9.17, 15) is 4.79 Å². The molecule has 0 fully saturated rings. The number of allylic oxidation sites excluding steroid dienone is 2. The Labute approximate surface area is 129 Å². The normalized spacial score (nSPS) is 18.1. The molecule has 0 radical (unpaired) electrons. The summed E-state index contributed by atoms with van der Waals surface area (Å²) >= 11 is 1.51. The molecule has 0 bridgehead atoms. The molecule has 1 aliphatic rings. The van der Waals surface area contributed by atoms with Gasteiger partial charge in [-0.15, -0.1) is 11.3 Å². The van der Waals surface area contributed by atoms with E-state index in [1.807, 2.05) is 31.5 Å². The van der Waals surface area contributed by atoms with Crippen molar-refractivity contribution in [2.75, 3.05) is 11.9 Å². The van der Waals surface area contributed by atoms with Crippen molar-refractivity contribution >= 4 is 22.8 Å². The Bertz CT molecular complexity index is 739. The van der Waals surface area contributed by atoms with Crippen LogP contribution in [0.25, 0.3) is 0 Å². The standard InChI is InChI=1S/C18H19NOS/c1-12-9-10-21-17(12)15(20)11-16-18(2,3)13-7-5-6-8-14(13)19(16)4/h5-11H,1-4H3/b16-11-. The third-order valence-corrected chi connectivity index (χ3v) is 5.33. The van der Waals surface area contributed by atoms with E-state index in [1.165, 1.54) is 22.6 Å². The van der Waals surface area contributed by atoms with E-state index in [0.29, 0.717) is 0 Å². The van der Waals surface area contributed by atoms with Gasteiger partial charge in [0.15, 0.2) is 5.78 Å². The van der Waals surface area contributed by atoms with E-state index in [0.717, 1.165) is 16.1 Å². The fourth-order valence-electron chi connectivity index (χ4n) is 3.07. The predicted octanol–water partition coefficient (Wildman–Crippen LogP) is 4.55. The summed E-state index contributed by atoms with van der Waals surface area (Å²) in [6.07, 6.45) is 1.80. The van der Waals surface area contributed by atoms with Gasteiger partial charge in [-0.05, 0) is 35.6 Å². The molecule has 1 aromatic carbocycles. The van der Waals surface area contributed by atoms with Crippen LogP contribution in [0.3, 0.4) is 0 Å². The SMILES string of the molecule is Cc1ccsc1C(=O)/C=C1\N(C)c2ccccc2C1(C)C. The van der Waals surface area contributed by atoms with Crippen LogP contribution in [0.1, 0.15) is 34.6 Å². The van der Waals surface area contributed by atoms with Gasteiger partial charge in [0.05, 0.1) is 4.88 Å². The lowest BCUT2D eigenvalue weighted by atomic mass is 9.83. The Morgan fingerprint density at radius 1 is 1.24 bits per heavy atom. The molecule has 0 saturated heterocycles. The zero-order chi connectivity index (χ0) is 15.2. The average molecular weight is 297 g/mol. The molecule has 0 N–H and O–H groups in total. The van der Waals surface area contributed by atoms with Gasteiger partial charge in [-0.2, -0.15) is 0 Å². The number of carbonyl (C=O) groups is 1. The number of likely N-dealkylation sites (N-methyl/N-ethyl adjacent to an activating group) is 1. The highest BCUT2D eigenvalue weighted by Gasteiger charge is 2.38. The quantitative estimate of drug-likeness (QED) is 0.598. The Kier molecular flexibility index (Phi) is 3.25. The molecule has 3 rings (SSSR count). The molecule has 0 saturated carbocycles. The van der Waals surface area contributed by atoms with E-state index >= 15 is 0 Å². The zero-order valence-electron chi connectivity index (χ0n) is 12.8. The molecular formula is C18H19NOS. The summed E-state index contributed by atoms with van der Waals surface area (Å²) in [5.74, 6) is 0.102. The lowest BCUT2D eigenvalue weighted by molar-refractivity contribution is 0.104. The van der Waals surface area contributed by atoms with Crippen molar-refractivity contribution in [3.8, 4) is 0 Å². The second kappa shape index (κ2) is 4.85. The van der Waals surface area contributed by atoms with Crippen molar-refractivity contribution in [2.45, 2.75) is 26.2 Å². The number of hydrogen-bond donors (Lipinski definition) is 0. The summed E-state index contributed by atoms with van der Waals surface area (Å²) < 4.78 is 0. The Morgan fingerprint density at radius 2 is 1.95 bits per heavy atom. The maximum absolute atomic E-state index is 12.6. The smallest absolute Gasteiger partial charge is 0.197 e. The average Bonchev–Trinajstić information content (AvgIpc) is 2.96. The van der Waals surface area contributed by atoms with Crippen LogP contribution >= 0.6 is 11.3 Å². The minimum Gasteiger partial charge on any atom is -0.347 e. The van der Waals surface area contributed by atoms with Crippen LogP contribution in [0, 0.1) is 6.92 Å². The summed E-state index contributed by atoms with van der Waals surface area (Å²) in [6.45, 7) is 6.34. The van der Waals surface area contributed by atoms with E-state index in [4.69, 9.17) is 0 Å². The fraction of sp³-hybridized carbons (Fsp3) is 0.278. The highest BCUT2D eigenvalue weighted by atomic mass is 32.1. The first-order valence-corrected chi connectivity index (χ1v) is 7.94. The second-order valence-electron chi connectivity index (χ2n) is 6.03. The Morgan fingerprint density at radius 3 is 2.57 bits per heavy atom. The van der Waals surface area contributed by atoms with E-state index in [2.05, 4.69) is 36.9 Å². The number of anilines is 1. The highest BCUT2D eigenvalue weighted by molar-refractivity contribution is 7.12. The summed E-state index contributed by atoms with van der Waals surface area (Å²) in [5.41, 5.74) is 4.42. The molecular weight excluding hydrogens is 278 g/mol. The van der Waals surface area contributed by atoms with Crippen LogP contribution in [0.5, 0.6) is 0 Å². The monoisotopic (exact) mass is 297 g/mol. The van der Waals surface area contributed by atoms with Gasteiger partial charge < -0.3 is 4.90 Å². The third-order valence-electron chi connectivity index (χ3n) is 4.29. The van der Waals surface area contributed by atoms with Gasteiger partial charge in [-0.1, -0.05) is 32.0 Å². The fourth-order valence-corrected chi connectivity index (χ4v) is 3.91. The number of hydrogen-bond acceptors (Lipinski definition) is 3. The molecule has 1 aliphatic heterocycles. The molecule has 3 heteroatoms. The summed E-state index contributed by atoms with van der Waals surface area (Å²) in [5, 5.41) is 1.97. The van der Waals surface area contributed by atoms with Crippen molar-refractivity contribution in [1.82, 2.24) is 0 Å². The number of para-hydroxylation sites is 1. The van der Waals surface area contributed by atoms with Crippen molar-refractivity contribution in [3.05, 3.63) is 63.5 Å². The number of benzene rings is 1. The first-order chi connectivity index (χ1) is 9.93. The third kappa shape index (κ3) is 2.12. The molecule has 108 valence electrons. The Hall–Kier alpha value is -1.87. The number of rotatable bonds is 2. The number of ketones is 1. The summed E-state index contributed by atoms with van der Waals surface area (Å²) in [7, 11) is 2.04. The lowest BCUT2D eigenvalue weighted by Crippen LogP contribution is -2.24. The number of nitrogens with zero attached hydrogens (tertiary/aromatic N) is 1. The van der Waals surface area contributed by atoms with Crippen LogP contribution in [-0.4, -0.2) is 12.8 Å². The lowest BCUT2D eigenvalue weighted by Gasteiger charge is -2.23. The molecule has 1 aromatic heterocycles. The van der Waals surface area contributed by atoms with Crippen LogP contribution in [-0.2, 0) is 5.41 Å². The van der Waals surface area contributed by atoms with Crippen molar-refractivity contribution in [2.24, 2.45) is 0 Å². The molecule has 2 heterocycles. The first kappa shape index (κ1) is 14.1. The minimum absolute atomic E-state index is 0.102. The van der Waals surface area contributed by atoms with Crippen molar-refractivity contribution in [3.63, 3.8) is 0 Å². The molecule has 0 spiro atoms. The van der Waals surface area contributed by atoms with E-state index in [-0.39, 0.29) is 11.2 Å². The second-order valence-corrected chi connectivity index (χ2v) is 6.94. The molecule has 0 unspecified atom stereocenters. The summed E-state index contributed by atoms with van der Waals surface area (Å²) in [6, 6.07) is 10.4. The molecule has 2 aromatic rings. The van der Waals surface area contributed by atoms with Gasteiger partial charge in [0, 0.05) is 29.9 Å². The highest BCUT2D eigenvalue weighted by Crippen LogP contribution is 2.46. The number of fused-ring (bicyclic) bond motifs is 1. The largest absolute Gasteiger partial charge is 0.347 e. The van der Waals surface area contributed by atoms with Crippen molar-refractivity contribution < 1.29 is 4.79 Å². The molecule has 0 atom stereocenters. The van der Waals surface area contributed by atoms with Crippen LogP contribution in [0.2, 0.25) is 0 Å². The van der Waals surface area contributed by atoms with Crippen LogP contribution in [0.4, 0.5) is 5.69 Å². The minimum atomic E-state index is -0.147. The Balaban J connectivity index is 2.06. The topological polar surface area (TPSA) is 20.3 Å². The van der Waals surface area contributed by atoms with Gasteiger partial charge in [0.2, 0.25) is 0 Å².